The number of aryl methyl sites for hydroxylation is 1. The number of rotatable bonds is 8. The van der Waals surface area contributed by atoms with Gasteiger partial charge in [0, 0.05) is 28.2 Å². The summed E-state index contributed by atoms with van der Waals surface area (Å²) in [5, 5.41) is 2.80. The first-order valence-electron chi connectivity index (χ1n) is 11.1. The lowest BCUT2D eigenvalue weighted by atomic mass is 9.97. The average Bonchev–Trinajstić information content (AvgIpc) is 3.49. The van der Waals surface area contributed by atoms with Gasteiger partial charge in [-0.3, -0.25) is 13.9 Å². The highest BCUT2D eigenvalue weighted by Gasteiger charge is 2.57. The van der Waals surface area contributed by atoms with Crippen molar-refractivity contribution < 1.29 is 17.9 Å². The van der Waals surface area contributed by atoms with Gasteiger partial charge < -0.3 is 15.0 Å². The van der Waals surface area contributed by atoms with Crippen molar-refractivity contribution in [3.8, 4) is 5.75 Å². The first kappa shape index (κ1) is 24.5. The zero-order valence-electron chi connectivity index (χ0n) is 19.4. The number of allylic oxidation sites excluding steroid dienone is 1. The van der Waals surface area contributed by atoms with E-state index < -0.39 is 20.7 Å². The molecule has 1 fully saturated rings. The number of anilines is 1. The van der Waals surface area contributed by atoms with E-state index in [9.17, 15) is 18.0 Å². The minimum atomic E-state index is -3.62. The third-order valence-electron chi connectivity index (χ3n) is 6.61. The normalized spacial score (nSPS) is 18.4. The Morgan fingerprint density at radius 2 is 2.09 bits per heavy atom. The summed E-state index contributed by atoms with van der Waals surface area (Å²) in [6, 6.07) is 5.14. The van der Waals surface area contributed by atoms with Gasteiger partial charge in [0.05, 0.1) is 29.7 Å². The maximum absolute atomic E-state index is 13.6. The van der Waals surface area contributed by atoms with Gasteiger partial charge in [-0.15, -0.1) is 6.58 Å². The Hall–Kier alpha value is -2.59. The van der Waals surface area contributed by atoms with Gasteiger partial charge in [-0.05, 0) is 49.9 Å². The largest absolute Gasteiger partial charge is 0.496 e. The summed E-state index contributed by atoms with van der Waals surface area (Å²) < 4.78 is 33.7. The van der Waals surface area contributed by atoms with E-state index in [4.69, 9.17) is 4.74 Å². The molecule has 0 radical (unpaired) electrons. The van der Waals surface area contributed by atoms with Crippen LogP contribution in [0.1, 0.15) is 59.3 Å². The third kappa shape index (κ3) is 4.07. The van der Waals surface area contributed by atoms with Crippen LogP contribution in [0.2, 0.25) is 0 Å². The smallest absolute Gasteiger partial charge is 0.256 e. The van der Waals surface area contributed by atoms with E-state index >= 15 is 0 Å². The number of aromatic amines is 1. The van der Waals surface area contributed by atoms with Crippen molar-refractivity contribution >= 4 is 37.5 Å². The molecule has 182 valence electrons. The van der Waals surface area contributed by atoms with E-state index in [1.807, 2.05) is 6.92 Å². The number of fused-ring (bicyclic) bond motifs is 1. The van der Waals surface area contributed by atoms with Crippen LogP contribution in [0.3, 0.4) is 0 Å². The highest BCUT2D eigenvalue weighted by atomic mass is 79.9. The monoisotopic (exact) mass is 549 g/mol. The van der Waals surface area contributed by atoms with E-state index in [0.717, 1.165) is 0 Å². The van der Waals surface area contributed by atoms with Gasteiger partial charge in [0.25, 0.3) is 11.5 Å². The van der Waals surface area contributed by atoms with Gasteiger partial charge in [-0.25, -0.2) is 8.42 Å². The third-order valence-corrected chi connectivity index (χ3v) is 9.66. The summed E-state index contributed by atoms with van der Waals surface area (Å²) in [5.74, 6) is -0.169. The van der Waals surface area contributed by atoms with Crippen LogP contribution >= 0.6 is 15.9 Å². The number of aromatic nitrogens is 1. The molecule has 2 N–H and O–H groups in total. The molecule has 1 aromatic heterocycles. The quantitative estimate of drug-likeness (QED) is 0.487. The molecule has 8 nitrogen and oxygen atoms in total. The SMILES string of the molecule is C=CCC1(S(=O)(=O)N2CC(C)c3c(C(=O)NCc4c(OC)cc(C)[nH]c4=O)cc(Br)cc32)CC1. The lowest BCUT2D eigenvalue weighted by molar-refractivity contribution is 0.0949. The number of halogens is 1. The van der Waals surface area contributed by atoms with Crippen molar-refractivity contribution in [2.45, 2.75) is 50.3 Å². The molecule has 2 heterocycles. The lowest BCUT2D eigenvalue weighted by Gasteiger charge is -2.26. The van der Waals surface area contributed by atoms with Crippen LogP contribution < -0.4 is 19.9 Å². The second-order valence-electron chi connectivity index (χ2n) is 9.01. The number of nitrogens with one attached hydrogen (secondary N) is 2. The van der Waals surface area contributed by atoms with E-state index in [1.54, 1.807) is 31.2 Å². The number of nitrogens with zero attached hydrogens (tertiary/aromatic N) is 1. The first-order chi connectivity index (χ1) is 16.0. The molecule has 1 amide bonds. The Labute approximate surface area is 207 Å². The Kier molecular flexibility index (Phi) is 6.41. The molecule has 4 rings (SSSR count). The predicted octanol–water partition coefficient (Wildman–Crippen LogP) is 3.75. The van der Waals surface area contributed by atoms with Gasteiger partial charge >= 0.3 is 0 Å². The number of hydrogen-bond acceptors (Lipinski definition) is 5. The maximum Gasteiger partial charge on any atom is 0.256 e. The molecule has 2 aromatic rings. The Bertz CT molecular complexity index is 1330. The molecule has 2 aliphatic rings. The highest BCUT2D eigenvalue weighted by Crippen LogP contribution is 2.52. The molecule has 1 unspecified atom stereocenters. The second kappa shape index (κ2) is 8.88. The number of ether oxygens (including phenoxy) is 1. The Morgan fingerprint density at radius 1 is 1.38 bits per heavy atom. The van der Waals surface area contributed by atoms with Crippen molar-refractivity contribution in [2.75, 3.05) is 18.0 Å². The summed E-state index contributed by atoms with van der Waals surface area (Å²) in [5.41, 5.74) is 2.22. The van der Waals surface area contributed by atoms with E-state index in [2.05, 4.69) is 32.8 Å². The topological polar surface area (TPSA) is 109 Å². The van der Waals surface area contributed by atoms with E-state index in [0.29, 0.717) is 57.6 Å². The Balaban J connectivity index is 1.67. The molecule has 1 aromatic carbocycles. The molecule has 1 atom stereocenters. The molecule has 0 saturated heterocycles. The van der Waals surface area contributed by atoms with Gasteiger partial charge in [-0.2, -0.15) is 0 Å². The van der Waals surface area contributed by atoms with Crippen molar-refractivity contribution in [3.05, 3.63) is 68.1 Å². The molecule has 0 spiro atoms. The van der Waals surface area contributed by atoms with Crippen LogP contribution in [0.5, 0.6) is 5.75 Å². The molecule has 10 heteroatoms. The predicted molar refractivity (Wildman–Crippen MR) is 135 cm³/mol. The van der Waals surface area contributed by atoms with Gasteiger partial charge in [0.1, 0.15) is 5.75 Å². The fourth-order valence-corrected chi connectivity index (χ4v) is 7.37. The van der Waals surface area contributed by atoms with Gasteiger partial charge in [0.15, 0.2) is 0 Å². The van der Waals surface area contributed by atoms with Crippen molar-refractivity contribution in [1.29, 1.82) is 0 Å². The van der Waals surface area contributed by atoms with E-state index in [1.165, 1.54) is 11.4 Å². The molecule has 34 heavy (non-hydrogen) atoms. The number of sulfonamides is 1. The number of H-pyrrole nitrogens is 1. The molecular formula is C24H28BrN3O5S. The van der Waals surface area contributed by atoms with Crippen LogP contribution in [0.25, 0.3) is 0 Å². The molecule has 1 aliphatic carbocycles. The minimum absolute atomic E-state index is 0.0300. The Morgan fingerprint density at radius 3 is 2.71 bits per heavy atom. The summed E-state index contributed by atoms with van der Waals surface area (Å²) in [4.78, 5) is 28.4. The lowest BCUT2D eigenvalue weighted by Crippen LogP contribution is -2.39. The van der Waals surface area contributed by atoms with Crippen LogP contribution in [0.15, 0.2) is 40.1 Å². The molecule has 1 saturated carbocycles. The van der Waals surface area contributed by atoms with Crippen LogP contribution in [0.4, 0.5) is 5.69 Å². The fourth-order valence-electron chi connectivity index (χ4n) is 4.69. The standard InChI is InChI=1S/C24H28BrN3O5S/c1-5-6-24(7-8-24)34(31,32)28-13-14(2)21-17(10-16(25)11-19(21)28)22(29)26-12-18-20(33-4)9-15(3)27-23(18)30/h5,9-11,14H,1,6-8,12-13H2,2-4H3,(H,26,29)(H,27,30). The van der Waals surface area contributed by atoms with Crippen molar-refractivity contribution in [1.82, 2.24) is 10.3 Å². The maximum atomic E-state index is 13.6. The molecule has 0 bridgehead atoms. The minimum Gasteiger partial charge on any atom is -0.496 e. The number of amides is 1. The highest BCUT2D eigenvalue weighted by molar-refractivity contribution is 9.10. The molecule has 1 aliphatic heterocycles. The van der Waals surface area contributed by atoms with Crippen LogP contribution in [-0.4, -0.2) is 37.7 Å². The summed E-state index contributed by atoms with van der Waals surface area (Å²) >= 11 is 3.44. The average molecular weight is 550 g/mol. The second-order valence-corrected chi connectivity index (χ2v) is 12.2. The number of pyridine rings is 1. The van der Waals surface area contributed by atoms with Crippen molar-refractivity contribution in [2.24, 2.45) is 0 Å². The summed E-state index contributed by atoms with van der Waals surface area (Å²) in [7, 11) is -2.15. The first-order valence-corrected chi connectivity index (χ1v) is 13.3. The number of carbonyl (C=O) groups excluding carboxylic acids is 1. The summed E-state index contributed by atoms with van der Waals surface area (Å²) in [6.07, 6.45) is 3.28. The van der Waals surface area contributed by atoms with Crippen LogP contribution in [0, 0.1) is 6.92 Å². The van der Waals surface area contributed by atoms with E-state index in [-0.39, 0.29) is 24.6 Å². The number of methoxy groups -OCH3 is 1. The number of carbonyl (C=O) groups is 1. The molecular weight excluding hydrogens is 522 g/mol. The van der Waals surface area contributed by atoms with Crippen molar-refractivity contribution in [3.63, 3.8) is 0 Å². The number of hydrogen-bond donors (Lipinski definition) is 2. The number of benzene rings is 1. The van der Waals surface area contributed by atoms with Crippen LogP contribution in [-0.2, 0) is 16.6 Å². The summed E-state index contributed by atoms with van der Waals surface area (Å²) in [6.45, 7) is 7.64. The van der Waals surface area contributed by atoms with Gasteiger partial charge in [0.2, 0.25) is 10.0 Å². The fraction of sp³-hybridized carbons (Fsp3) is 0.417. The van der Waals surface area contributed by atoms with Gasteiger partial charge in [-0.1, -0.05) is 28.9 Å². The zero-order chi connectivity index (χ0) is 24.8. The zero-order valence-corrected chi connectivity index (χ0v) is 21.8.